The fourth-order valence-electron chi connectivity index (χ4n) is 2.80. The van der Waals surface area contributed by atoms with E-state index in [4.69, 9.17) is 17.3 Å². The molecule has 1 amide bonds. The summed E-state index contributed by atoms with van der Waals surface area (Å²) in [4.78, 5) is 14.8. The molecule has 2 aromatic rings. The minimum atomic E-state index is -0.187. The van der Waals surface area contributed by atoms with Gasteiger partial charge in [-0.1, -0.05) is 55.8 Å². The lowest BCUT2D eigenvalue weighted by atomic mass is 10.0. The summed E-state index contributed by atoms with van der Waals surface area (Å²) in [6.45, 7) is 6.59. The summed E-state index contributed by atoms with van der Waals surface area (Å²) in [6, 6.07) is 15.3. The van der Waals surface area contributed by atoms with Crippen molar-refractivity contribution in [2.45, 2.75) is 19.9 Å². The highest BCUT2D eigenvalue weighted by atomic mass is 35.5. The summed E-state index contributed by atoms with van der Waals surface area (Å²) >= 11 is 6.12. The zero-order valence-corrected chi connectivity index (χ0v) is 14.9. The molecule has 5 heteroatoms. The lowest BCUT2D eigenvalue weighted by molar-refractivity contribution is 0.0935. The molecule has 0 radical (unpaired) electrons. The van der Waals surface area contributed by atoms with Gasteiger partial charge in [-0.15, -0.1) is 0 Å². The first-order valence-electron chi connectivity index (χ1n) is 8.19. The number of rotatable bonds is 7. The molecule has 0 heterocycles. The third kappa shape index (κ3) is 4.49. The van der Waals surface area contributed by atoms with Gasteiger partial charge in [0, 0.05) is 12.2 Å². The average Bonchev–Trinajstić information content (AvgIpc) is 2.59. The normalized spacial score (nSPS) is 12.2. The Labute approximate surface area is 148 Å². The van der Waals surface area contributed by atoms with E-state index in [0.29, 0.717) is 22.8 Å². The van der Waals surface area contributed by atoms with Gasteiger partial charge >= 0.3 is 0 Å². The Hall–Kier alpha value is -2.04. The number of amides is 1. The maximum Gasteiger partial charge on any atom is 0.252 e. The monoisotopic (exact) mass is 345 g/mol. The van der Waals surface area contributed by atoms with Crippen LogP contribution in [-0.2, 0) is 0 Å². The Bertz CT molecular complexity index is 672. The first kappa shape index (κ1) is 18.3. The molecule has 0 aliphatic rings. The van der Waals surface area contributed by atoms with Crippen molar-refractivity contribution in [2.24, 2.45) is 0 Å². The Balaban J connectivity index is 2.14. The van der Waals surface area contributed by atoms with Crippen LogP contribution in [0.5, 0.6) is 0 Å². The summed E-state index contributed by atoms with van der Waals surface area (Å²) in [7, 11) is 0. The van der Waals surface area contributed by atoms with E-state index in [0.717, 1.165) is 13.1 Å². The van der Waals surface area contributed by atoms with Gasteiger partial charge in [-0.05, 0) is 36.9 Å². The molecule has 0 saturated carbocycles. The molecule has 1 unspecified atom stereocenters. The summed E-state index contributed by atoms with van der Waals surface area (Å²) in [5.74, 6) is -0.187. The van der Waals surface area contributed by atoms with Gasteiger partial charge in [-0.25, -0.2) is 0 Å². The molecule has 0 aliphatic carbocycles. The first-order valence-corrected chi connectivity index (χ1v) is 8.56. The smallest absolute Gasteiger partial charge is 0.252 e. The molecule has 24 heavy (non-hydrogen) atoms. The number of nitrogens with two attached hydrogens (primary N) is 1. The summed E-state index contributed by atoms with van der Waals surface area (Å²) in [5, 5.41) is 3.37. The lowest BCUT2D eigenvalue weighted by Gasteiger charge is -2.30. The third-order valence-electron chi connectivity index (χ3n) is 4.13. The molecule has 0 spiro atoms. The van der Waals surface area contributed by atoms with E-state index >= 15 is 0 Å². The summed E-state index contributed by atoms with van der Waals surface area (Å²) < 4.78 is 0. The maximum atomic E-state index is 12.5. The summed E-state index contributed by atoms with van der Waals surface area (Å²) in [5.41, 5.74) is 7.85. The number of hydrogen-bond donors (Lipinski definition) is 2. The zero-order chi connectivity index (χ0) is 17.5. The Morgan fingerprint density at radius 3 is 2.42 bits per heavy atom. The lowest BCUT2D eigenvalue weighted by Crippen LogP contribution is -2.38. The van der Waals surface area contributed by atoms with Crippen molar-refractivity contribution in [3.8, 4) is 0 Å². The van der Waals surface area contributed by atoms with Gasteiger partial charge < -0.3 is 11.1 Å². The van der Waals surface area contributed by atoms with E-state index in [1.54, 1.807) is 18.2 Å². The second-order valence-corrected chi connectivity index (χ2v) is 6.00. The van der Waals surface area contributed by atoms with Gasteiger partial charge in [-0.3, -0.25) is 9.69 Å². The van der Waals surface area contributed by atoms with Gasteiger partial charge in [0.2, 0.25) is 0 Å². The van der Waals surface area contributed by atoms with Crippen molar-refractivity contribution in [2.75, 3.05) is 25.4 Å². The van der Waals surface area contributed by atoms with E-state index in [1.165, 1.54) is 5.56 Å². The second-order valence-electron chi connectivity index (χ2n) is 5.60. The van der Waals surface area contributed by atoms with Crippen molar-refractivity contribution < 1.29 is 4.79 Å². The highest BCUT2D eigenvalue weighted by Crippen LogP contribution is 2.21. The number of nitrogens with zero attached hydrogens (tertiary/aromatic N) is 1. The van der Waals surface area contributed by atoms with E-state index in [-0.39, 0.29) is 11.9 Å². The maximum absolute atomic E-state index is 12.5. The number of benzene rings is 2. The van der Waals surface area contributed by atoms with Crippen molar-refractivity contribution in [3.05, 3.63) is 64.7 Å². The van der Waals surface area contributed by atoms with Crippen LogP contribution in [0.3, 0.4) is 0 Å². The van der Waals surface area contributed by atoms with Crippen LogP contribution in [0.1, 0.15) is 35.8 Å². The van der Waals surface area contributed by atoms with Crippen LogP contribution in [0.25, 0.3) is 0 Å². The third-order valence-corrected chi connectivity index (χ3v) is 4.44. The minimum Gasteiger partial charge on any atom is -0.399 e. The van der Waals surface area contributed by atoms with Gasteiger partial charge in [0.25, 0.3) is 5.91 Å². The van der Waals surface area contributed by atoms with Crippen LogP contribution >= 0.6 is 11.6 Å². The van der Waals surface area contributed by atoms with Gasteiger partial charge in [0.15, 0.2) is 0 Å². The number of nitrogens with one attached hydrogen (secondary N) is 1. The molecular weight excluding hydrogens is 322 g/mol. The molecule has 3 N–H and O–H groups in total. The van der Waals surface area contributed by atoms with Crippen LogP contribution in [0.15, 0.2) is 48.5 Å². The van der Waals surface area contributed by atoms with Crippen molar-refractivity contribution in [3.63, 3.8) is 0 Å². The molecule has 4 nitrogen and oxygen atoms in total. The number of hydrogen-bond acceptors (Lipinski definition) is 3. The van der Waals surface area contributed by atoms with Crippen LogP contribution in [0.2, 0.25) is 5.02 Å². The molecule has 0 bridgehead atoms. The number of carbonyl (C=O) groups excluding carboxylic acids is 1. The van der Waals surface area contributed by atoms with Crippen molar-refractivity contribution in [1.29, 1.82) is 0 Å². The number of halogens is 1. The fourth-order valence-corrected chi connectivity index (χ4v) is 3.07. The molecular formula is C19H24ClN3O. The molecule has 1 atom stereocenters. The number of carbonyl (C=O) groups is 1. The van der Waals surface area contributed by atoms with Crippen LogP contribution in [-0.4, -0.2) is 30.4 Å². The van der Waals surface area contributed by atoms with Crippen LogP contribution in [0, 0.1) is 0 Å². The molecule has 2 rings (SSSR count). The molecule has 0 aromatic heterocycles. The fraction of sp³-hybridized carbons (Fsp3) is 0.316. The number of nitrogen functional groups attached to an aromatic ring is 1. The van der Waals surface area contributed by atoms with E-state index < -0.39 is 0 Å². The average molecular weight is 346 g/mol. The van der Waals surface area contributed by atoms with Crippen LogP contribution in [0.4, 0.5) is 5.69 Å². The van der Waals surface area contributed by atoms with Gasteiger partial charge in [-0.2, -0.15) is 0 Å². The molecule has 128 valence electrons. The minimum absolute atomic E-state index is 0.123. The van der Waals surface area contributed by atoms with Gasteiger partial charge in [0.1, 0.15) is 0 Å². The predicted molar refractivity (Wildman–Crippen MR) is 100 cm³/mol. The molecule has 0 fully saturated rings. The van der Waals surface area contributed by atoms with E-state index in [1.807, 2.05) is 18.2 Å². The van der Waals surface area contributed by atoms with Crippen molar-refractivity contribution in [1.82, 2.24) is 10.2 Å². The summed E-state index contributed by atoms with van der Waals surface area (Å²) in [6.07, 6.45) is 0. The van der Waals surface area contributed by atoms with Crippen molar-refractivity contribution >= 4 is 23.2 Å². The Morgan fingerprint density at radius 2 is 1.83 bits per heavy atom. The number of likely N-dealkylation sites (N-methyl/N-ethyl adjacent to an activating group) is 1. The quantitative estimate of drug-likeness (QED) is 0.752. The molecule has 0 saturated heterocycles. The van der Waals surface area contributed by atoms with E-state index in [9.17, 15) is 4.79 Å². The second kappa shape index (κ2) is 8.71. The zero-order valence-electron chi connectivity index (χ0n) is 14.1. The predicted octanol–water partition coefficient (Wildman–Crippen LogP) is 3.74. The highest BCUT2D eigenvalue weighted by Gasteiger charge is 2.19. The SMILES string of the molecule is CCN(CC)C(CNC(=O)c1ccc(N)cc1Cl)c1ccccc1. The standard InChI is InChI=1S/C19H24ClN3O/c1-3-23(4-2)18(14-8-6-5-7-9-14)13-22-19(24)16-11-10-15(21)12-17(16)20/h5-12,18H,3-4,13,21H2,1-2H3,(H,22,24). The Morgan fingerprint density at radius 1 is 1.17 bits per heavy atom. The molecule has 2 aromatic carbocycles. The topological polar surface area (TPSA) is 58.4 Å². The molecule has 0 aliphatic heterocycles. The highest BCUT2D eigenvalue weighted by molar-refractivity contribution is 6.34. The number of anilines is 1. The first-order chi connectivity index (χ1) is 11.6. The van der Waals surface area contributed by atoms with Crippen LogP contribution < -0.4 is 11.1 Å². The largest absolute Gasteiger partial charge is 0.399 e. The van der Waals surface area contributed by atoms with E-state index in [2.05, 4.69) is 36.2 Å². The van der Waals surface area contributed by atoms with Gasteiger partial charge in [0.05, 0.1) is 16.6 Å². The Kier molecular flexibility index (Phi) is 6.64.